The van der Waals surface area contributed by atoms with E-state index in [0.29, 0.717) is 0 Å². The van der Waals surface area contributed by atoms with Crippen molar-refractivity contribution in [1.82, 2.24) is 5.09 Å². The van der Waals surface area contributed by atoms with Crippen LogP contribution in [0.25, 0.3) is 11.1 Å². The van der Waals surface area contributed by atoms with Gasteiger partial charge in [0.15, 0.2) is 8.30 Å². The van der Waals surface area contributed by atoms with Crippen LogP contribution in [0, 0.1) is 0 Å². The van der Waals surface area contributed by atoms with Crippen LogP contribution in [0.3, 0.4) is 0 Å². The van der Waals surface area contributed by atoms with Crippen LogP contribution in [0.2, 0.25) is 0 Å². The minimum Gasteiger partial charge on any atom is -0.453 e. The Morgan fingerprint density at radius 3 is 2.26 bits per heavy atom. The van der Waals surface area contributed by atoms with Crippen molar-refractivity contribution >= 4 is 13.6 Å². The van der Waals surface area contributed by atoms with Crippen LogP contribution >= 0.6 is 8.30 Å². The molecule has 1 aliphatic heterocycles. The monoisotopic (exact) mass is 319 g/mol. The van der Waals surface area contributed by atoms with E-state index in [1.165, 1.54) is 22.0 Å². The number of hydrogen-bond donors (Lipinski definition) is 1. The molecule has 1 aliphatic rings. The predicted octanol–water partition coefficient (Wildman–Crippen LogP) is 5.03. The maximum absolute atomic E-state index is 6.30. The van der Waals surface area contributed by atoms with Crippen molar-refractivity contribution in [2.45, 2.75) is 13.0 Å². The fourth-order valence-electron chi connectivity index (χ4n) is 2.88. The molecular weight excluding hydrogens is 301 g/mol. The van der Waals surface area contributed by atoms with E-state index in [1.54, 1.807) is 0 Å². The molecule has 0 saturated heterocycles. The minimum atomic E-state index is -0.887. The molecular formula is C20H18NOP. The molecule has 3 aromatic rings. The van der Waals surface area contributed by atoms with E-state index in [-0.39, 0.29) is 6.04 Å². The van der Waals surface area contributed by atoms with E-state index in [1.807, 2.05) is 12.1 Å². The van der Waals surface area contributed by atoms with Gasteiger partial charge in [0.05, 0.1) is 0 Å². The molecule has 0 amide bonds. The summed E-state index contributed by atoms with van der Waals surface area (Å²) < 4.78 is 6.30. The maximum atomic E-state index is 6.30. The Hall–Kier alpha value is -2.15. The largest absolute Gasteiger partial charge is 0.453 e. The van der Waals surface area contributed by atoms with Gasteiger partial charge in [-0.1, -0.05) is 66.7 Å². The van der Waals surface area contributed by atoms with Crippen molar-refractivity contribution < 1.29 is 4.52 Å². The first-order valence-electron chi connectivity index (χ1n) is 7.80. The molecule has 3 aromatic carbocycles. The summed E-state index contributed by atoms with van der Waals surface area (Å²) in [5.41, 5.74) is 3.72. The molecule has 4 rings (SSSR count). The normalized spacial score (nSPS) is 16.8. The fourth-order valence-corrected chi connectivity index (χ4v) is 4.66. The lowest BCUT2D eigenvalue weighted by atomic mass is 10.0. The second-order valence-corrected chi connectivity index (χ2v) is 7.17. The molecule has 1 heterocycles. The summed E-state index contributed by atoms with van der Waals surface area (Å²) in [6, 6.07) is 27.5. The summed E-state index contributed by atoms with van der Waals surface area (Å²) in [4.78, 5) is 0. The van der Waals surface area contributed by atoms with Crippen molar-refractivity contribution in [3.05, 3.63) is 84.4 Å². The summed E-state index contributed by atoms with van der Waals surface area (Å²) in [7, 11) is -0.887. The lowest BCUT2D eigenvalue weighted by molar-refractivity contribution is 0.588. The van der Waals surface area contributed by atoms with E-state index in [9.17, 15) is 0 Å². The molecule has 23 heavy (non-hydrogen) atoms. The minimum absolute atomic E-state index is 0.237. The third kappa shape index (κ3) is 2.76. The highest BCUT2D eigenvalue weighted by Gasteiger charge is 2.27. The number of hydrogen-bond acceptors (Lipinski definition) is 2. The van der Waals surface area contributed by atoms with Gasteiger partial charge in [0.2, 0.25) is 0 Å². The molecule has 2 atom stereocenters. The SMILES string of the molecule is C[C@H](NP1Oc2ccccc2-c2ccccc21)c1ccccc1. The lowest BCUT2D eigenvalue weighted by Gasteiger charge is -2.30. The third-order valence-corrected chi connectivity index (χ3v) is 5.93. The maximum Gasteiger partial charge on any atom is 0.195 e. The molecule has 1 N–H and O–H groups in total. The lowest BCUT2D eigenvalue weighted by Crippen LogP contribution is -2.25. The van der Waals surface area contributed by atoms with Gasteiger partial charge in [-0.25, -0.2) is 0 Å². The van der Waals surface area contributed by atoms with E-state index in [4.69, 9.17) is 4.52 Å². The van der Waals surface area contributed by atoms with Gasteiger partial charge < -0.3 is 4.52 Å². The summed E-state index contributed by atoms with van der Waals surface area (Å²) in [5.74, 6) is 0.963. The summed E-state index contributed by atoms with van der Waals surface area (Å²) in [6.45, 7) is 2.18. The smallest absolute Gasteiger partial charge is 0.195 e. The number of nitrogens with one attached hydrogen (secondary N) is 1. The van der Waals surface area contributed by atoms with Gasteiger partial charge in [-0.3, -0.25) is 5.09 Å². The molecule has 2 nitrogen and oxygen atoms in total. The van der Waals surface area contributed by atoms with Gasteiger partial charge in [-0.15, -0.1) is 0 Å². The van der Waals surface area contributed by atoms with Crippen molar-refractivity contribution in [1.29, 1.82) is 0 Å². The topological polar surface area (TPSA) is 21.3 Å². The van der Waals surface area contributed by atoms with E-state index in [2.05, 4.69) is 78.7 Å². The van der Waals surface area contributed by atoms with Crippen molar-refractivity contribution in [2.24, 2.45) is 0 Å². The summed E-state index contributed by atoms with van der Waals surface area (Å²) in [5, 5.41) is 4.93. The van der Waals surface area contributed by atoms with E-state index in [0.717, 1.165) is 5.75 Å². The second-order valence-electron chi connectivity index (χ2n) is 5.66. The Bertz CT molecular complexity index is 819. The van der Waals surface area contributed by atoms with Crippen LogP contribution in [-0.2, 0) is 0 Å². The van der Waals surface area contributed by atoms with Crippen LogP contribution in [-0.4, -0.2) is 0 Å². The van der Waals surface area contributed by atoms with Crippen molar-refractivity contribution in [3.8, 4) is 16.9 Å². The van der Waals surface area contributed by atoms with Gasteiger partial charge >= 0.3 is 0 Å². The highest BCUT2D eigenvalue weighted by Crippen LogP contribution is 2.47. The first-order valence-corrected chi connectivity index (χ1v) is 9.06. The molecule has 0 fully saturated rings. The Balaban J connectivity index is 1.68. The standard InChI is InChI=1S/C20H18NOP/c1-15(16-9-3-2-4-10-16)21-23-20-14-8-6-12-18(20)17-11-5-7-13-19(17)22-23/h2-15,21H,1H3/t15-,23?/m0/s1. The third-order valence-electron chi connectivity index (χ3n) is 4.10. The van der Waals surface area contributed by atoms with E-state index < -0.39 is 8.30 Å². The van der Waals surface area contributed by atoms with Gasteiger partial charge in [0.1, 0.15) is 5.75 Å². The molecule has 0 spiro atoms. The van der Waals surface area contributed by atoms with Crippen molar-refractivity contribution in [2.75, 3.05) is 0 Å². The average molecular weight is 319 g/mol. The summed E-state index contributed by atoms with van der Waals surface area (Å²) >= 11 is 0. The zero-order valence-corrected chi connectivity index (χ0v) is 13.8. The van der Waals surface area contributed by atoms with Gasteiger partial charge in [0, 0.05) is 16.9 Å². The highest BCUT2D eigenvalue weighted by molar-refractivity contribution is 7.59. The predicted molar refractivity (Wildman–Crippen MR) is 97.1 cm³/mol. The zero-order valence-electron chi connectivity index (χ0n) is 12.9. The van der Waals surface area contributed by atoms with Crippen molar-refractivity contribution in [3.63, 3.8) is 0 Å². The molecule has 0 aromatic heterocycles. The second kappa shape index (κ2) is 6.16. The summed E-state index contributed by atoms with van der Waals surface area (Å²) in [6.07, 6.45) is 0. The van der Waals surface area contributed by atoms with Gasteiger partial charge in [-0.05, 0) is 30.2 Å². The molecule has 0 radical (unpaired) electrons. The van der Waals surface area contributed by atoms with Crippen LogP contribution in [0.15, 0.2) is 78.9 Å². The molecule has 0 saturated carbocycles. The van der Waals surface area contributed by atoms with Crippen LogP contribution in [0.5, 0.6) is 5.75 Å². The molecule has 0 bridgehead atoms. The molecule has 114 valence electrons. The Morgan fingerprint density at radius 1 is 0.783 bits per heavy atom. The fraction of sp³-hybridized carbons (Fsp3) is 0.100. The average Bonchev–Trinajstić information content (AvgIpc) is 2.62. The van der Waals surface area contributed by atoms with Crippen LogP contribution in [0.4, 0.5) is 0 Å². The van der Waals surface area contributed by atoms with Gasteiger partial charge in [0.25, 0.3) is 0 Å². The van der Waals surface area contributed by atoms with Crippen LogP contribution < -0.4 is 14.9 Å². The molecule has 3 heteroatoms. The van der Waals surface area contributed by atoms with E-state index >= 15 is 0 Å². The number of fused-ring (bicyclic) bond motifs is 3. The first kappa shape index (κ1) is 14.4. The number of para-hydroxylation sites is 1. The molecule has 1 unspecified atom stereocenters. The number of rotatable bonds is 3. The Labute approximate surface area is 138 Å². The highest BCUT2D eigenvalue weighted by atomic mass is 31.2. The first-order chi connectivity index (χ1) is 11.3. The zero-order chi connectivity index (χ0) is 15.6. The number of benzene rings is 3. The Kier molecular flexibility index (Phi) is 3.87. The van der Waals surface area contributed by atoms with Gasteiger partial charge in [-0.2, -0.15) is 0 Å². The Morgan fingerprint density at radius 2 is 1.43 bits per heavy atom. The molecule has 0 aliphatic carbocycles. The quantitative estimate of drug-likeness (QED) is 0.683. The van der Waals surface area contributed by atoms with Crippen LogP contribution in [0.1, 0.15) is 18.5 Å².